The average Bonchev–Trinajstić information content (AvgIpc) is 2.57. The van der Waals surface area contributed by atoms with E-state index in [1.807, 2.05) is 27.0 Å². The first kappa shape index (κ1) is 24.6. The third kappa shape index (κ3) is 8.20. The van der Waals surface area contributed by atoms with Crippen LogP contribution < -0.4 is 10.0 Å². The van der Waals surface area contributed by atoms with Crippen molar-refractivity contribution < 1.29 is 34.7 Å². The molecule has 9 nitrogen and oxygen atoms in total. The largest absolute Gasteiger partial charge is 0.459 e. The first-order valence-corrected chi connectivity index (χ1v) is 10.4. The molecule has 160 valence electrons. The molecule has 1 rings (SSSR count). The fourth-order valence-electron chi connectivity index (χ4n) is 2.65. The molecule has 0 saturated carbocycles. The molecule has 0 aliphatic carbocycles. The second kappa shape index (κ2) is 10.9. The van der Waals surface area contributed by atoms with Gasteiger partial charge < -0.3 is 35.2 Å². The highest BCUT2D eigenvalue weighted by Gasteiger charge is 2.48. The molecular formula is C17H34N2O7S. The third-order valence-electron chi connectivity index (χ3n) is 4.11. The van der Waals surface area contributed by atoms with Gasteiger partial charge in [0.1, 0.15) is 30.0 Å². The summed E-state index contributed by atoms with van der Waals surface area (Å²) in [5.74, 6) is -2.23. The molecule has 0 bridgehead atoms. The van der Waals surface area contributed by atoms with E-state index in [1.165, 1.54) is 11.9 Å². The molecule has 5 unspecified atom stereocenters. The van der Waals surface area contributed by atoms with Crippen LogP contribution in [0.3, 0.4) is 0 Å². The molecule has 1 aliphatic rings. The van der Waals surface area contributed by atoms with Gasteiger partial charge in [0.25, 0.3) is 0 Å². The Bertz CT molecular complexity index is 463. The molecule has 0 radical (unpaired) electrons. The zero-order valence-corrected chi connectivity index (χ0v) is 17.3. The topological polar surface area (TPSA) is 141 Å². The maximum absolute atomic E-state index is 12.2. The summed E-state index contributed by atoms with van der Waals surface area (Å²) in [6, 6.07) is -0.399. The minimum atomic E-state index is -1.95. The summed E-state index contributed by atoms with van der Waals surface area (Å²) < 4.78 is 13.5. The van der Waals surface area contributed by atoms with Gasteiger partial charge in [0.05, 0.1) is 13.2 Å². The van der Waals surface area contributed by atoms with Gasteiger partial charge in [-0.3, -0.25) is 9.52 Å². The van der Waals surface area contributed by atoms with Gasteiger partial charge in [-0.1, -0.05) is 18.4 Å². The van der Waals surface area contributed by atoms with E-state index in [4.69, 9.17) is 9.47 Å². The fourth-order valence-corrected chi connectivity index (χ4v) is 3.15. The van der Waals surface area contributed by atoms with E-state index in [-0.39, 0.29) is 19.1 Å². The van der Waals surface area contributed by atoms with Gasteiger partial charge in [-0.2, -0.15) is 0 Å². The van der Waals surface area contributed by atoms with Gasteiger partial charge >= 0.3 is 5.97 Å². The maximum Gasteiger partial charge on any atom is 0.324 e. The Balaban J connectivity index is 2.31. The Morgan fingerprint density at radius 1 is 1.33 bits per heavy atom. The molecule has 1 saturated heterocycles. The monoisotopic (exact) mass is 410 g/mol. The summed E-state index contributed by atoms with van der Waals surface area (Å²) >= 11 is 1.36. The van der Waals surface area contributed by atoms with Gasteiger partial charge in [0.2, 0.25) is 5.79 Å². The molecule has 0 aromatic rings. The minimum Gasteiger partial charge on any atom is -0.459 e. The van der Waals surface area contributed by atoms with Crippen molar-refractivity contribution in [2.24, 2.45) is 0 Å². The lowest BCUT2D eigenvalue weighted by molar-refractivity contribution is -0.317. The number of unbranched alkanes of at least 4 members (excludes halogenated alkanes) is 1. The van der Waals surface area contributed by atoms with E-state index in [1.54, 1.807) is 0 Å². The van der Waals surface area contributed by atoms with Crippen LogP contribution in [0.1, 0.15) is 40.0 Å². The lowest BCUT2D eigenvalue weighted by Gasteiger charge is -2.41. The number of hydrogen-bond acceptors (Lipinski definition) is 10. The van der Waals surface area contributed by atoms with E-state index in [2.05, 4.69) is 10.0 Å². The summed E-state index contributed by atoms with van der Waals surface area (Å²) in [5, 5.41) is 42.1. The number of esters is 1. The van der Waals surface area contributed by atoms with Crippen LogP contribution in [-0.4, -0.2) is 88.1 Å². The van der Waals surface area contributed by atoms with Crippen molar-refractivity contribution in [1.82, 2.24) is 10.0 Å². The standard InChI is InChI=1S/C17H34N2O7S/c1-16(2,3)26-15(23)11(19-27-4)7-5-6-8-18-10-17(24)14(22)13(21)12(20)9-25-17/h11-14,18-22,24H,5-10H2,1-4H3. The molecule has 0 amide bonds. The first-order valence-electron chi connectivity index (χ1n) is 9.13. The predicted octanol–water partition coefficient (Wildman–Crippen LogP) is -0.874. The number of rotatable bonds is 10. The Morgan fingerprint density at radius 3 is 2.59 bits per heavy atom. The predicted molar refractivity (Wildman–Crippen MR) is 102 cm³/mol. The first-order chi connectivity index (χ1) is 12.5. The van der Waals surface area contributed by atoms with Crippen molar-refractivity contribution in [1.29, 1.82) is 0 Å². The van der Waals surface area contributed by atoms with Crippen LogP contribution in [0.2, 0.25) is 0 Å². The van der Waals surface area contributed by atoms with Crippen molar-refractivity contribution in [2.75, 3.05) is 26.0 Å². The molecule has 0 spiro atoms. The fraction of sp³-hybridized carbons (Fsp3) is 0.941. The van der Waals surface area contributed by atoms with Gasteiger partial charge in [-0.05, 0) is 46.4 Å². The highest BCUT2D eigenvalue weighted by molar-refractivity contribution is 7.96. The van der Waals surface area contributed by atoms with Crippen LogP contribution in [-0.2, 0) is 14.3 Å². The lowest BCUT2D eigenvalue weighted by Crippen LogP contribution is -2.64. The number of carbonyl (C=O) groups excluding carboxylic acids is 1. The number of hydrogen-bond donors (Lipinski definition) is 6. The molecular weight excluding hydrogens is 376 g/mol. The second-order valence-electron chi connectivity index (χ2n) is 7.74. The van der Waals surface area contributed by atoms with Gasteiger partial charge in [-0.25, -0.2) is 0 Å². The number of ether oxygens (including phenoxy) is 2. The van der Waals surface area contributed by atoms with Crippen LogP contribution in [0.25, 0.3) is 0 Å². The van der Waals surface area contributed by atoms with Crippen LogP contribution in [0.5, 0.6) is 0 Å². The minimum absolute atomic E-state index is 0.0868. The summed E-state index contributed by atoms with van der Waals surface area (Å²) in [6.45, 7) is 5.66. The second-order valence-corrected chi connectivity index (χ2v) is 8.38. The molecule has 10 heteroatoms. The highest BCUT2D eigenvalue weighted by atomic mass is 32.2. The Kier molecular flexibility index (Phi) is 9.93. The molecule has 1 aliphatic heterocycles. The Morgan fingerprint density at radius 2 is 2.00 bits per heavy atom. The molecule has 0 aromatic carbocycles. The van der Waals surface area contributed by atoms with E-state index in [9.17, 15) is 25.2 Å². The number of aliphatic hydroxyl groups is 4. The quantitative estimate of drug-likeness (QED) is 0.153. The van der Waals surface area contributed by atoms with Gasteiger partial charge in [0, 0.05) is 0 Å². The zero-order valence-electron chi connectivity index (χ0n) is 16.5. The zero-order chi connectivity index (χ0) is 20.7. The number of nitrogens with one attached hydrogen (secondary N) is 2. The summed E-state index contributed by atoms with van der Waals surface area (Å²) in [6.07, 6.45) is -0.366. The normalized spacial score (nSPS) is 30.1. The van der Waals surface area contributed by atoms with E-state index >= 15 is 0 Å². The van der Waals surface area contributed by atoms with Gasteiger partial charge in [-0.15, -0.1) is 0 Å². The van der Waals surface area contributed by atoms with Crippen molar-refractivity contribution in [3.8, 4) is 0 Å². The summed E-state index contributed by atoms with van der Waals surface area (Å²) in [5.41, 5.74) is -0.536. The molecule has 5 atom stereocenters. The van der Waals surface area contributed by atoms with Gasteiger partial charge in [0.15, 0.2) is 0 Å². The molecule has 6 N–H and O–H groups in total. The lowest BCUT2D eigenvalue weighted by atomic mass is 9.97. The van der Waals surface area contributed by atoms with Crippen LogP contribution in [0.4, 0.5) is 0 Å². The molecule has 1 heterocycles. The number of aliphatic hydroxyl groups excluding tert-OH is 3. The van der Waals surface area contributed by atoms with Crippen LogP contribution >= 0.6 is 11.9 Å². The molecule has 0 aromatic heterocycles. The number of carbonyl (C=O) groups is 1. The third-order valence-corrected chi connectivity index (χ3v) is 4.63. The van der Waals surface area contributed by atoms with E-state index in [0.717, 1.165) is 12.8 Å². The molecule has 1 fully saturated rings. The summed E-state index contributed by atoms with van der Waals surface area (Å²) in [7, 11) is 0. The highest BCUT2D eigenvalue weighted by Crippen LogP contribution is 2.23. The van der Waals surface area contributed by atoms with Crippen molar-refractivity contribution >= 4 is 17.9 Å². The van der Waals surface area contributed by atoms with Crippen molar-refractivity contribution in [3.05, 3.63) is 0 Å². The van der Waals surface area contributed by atoms with E-state index < -0.39 is 35.7 Å². The van der Waals surface area contributed by atoms with Crippen LogP contribution in [0, 0.1) is 0 Å². The molecule has 27 heavy (non-hydrogen) atoms. The SMILES string of the molecule is CSNC(CCCCNCC1(O)OCC(O)C(O)C1O)C(=O)OC(C)(C)C. The Hall–Kier alpha value is -0.460. The summed E-state index contributed by atoms with van der Waals surface area (Å²) in [4.78, 5) is 12.2. The van der Waals surface area contributed by atoms with Crippen molar-refractivity contribution in [3.63, 3.8) is 0 Å². The maximum atomic E-state index is 12.2. The smallest absolute Gasteiger partial charge is 0.324 e. The van der Waals surface area contributed by atoms with Crippen molar-refractivity contribution in [2.45, 2.75) is 75.8 Å². The van der Waals surface area contributed by atoms with Crippen LogP contribution in [0.15, 0.2) is 0 Å². The van der Waals surface area contributed by atoms with E-state index in [0.29, 0.717) is 13.0 Å². The average molecular weight is 411 g/mol. The Labute approximate surface area is 164 Å².